The number of para-hydroxylation sites is 1. The van der Waals surface area contributed by atoms with Crippen molar-refractivity contribution in [2.75, 3.05) is 32.1 Å². The fraction of sp³-hybridized carbons (Fsp3) is 0.273. The van der Waals surface area contributed by atoms with Crippen molar-refractivity contribution in [2.45, 2.75) is 12.5 Å². The molecule has 0 bridgehead atoms. The van der Waals surface area contributed by atoms with Crippen molar-refractivity contribution in [3.8, 4) is 0 Å². The van der Waals surface area contributed by atoms with Gasteiger partial charge in [0.25, 0.3) is 5.91 Å². The summed E-state index contributed by atoms with van der Waals surface area (Å²) in [5.74, 6) is -0.0728. The molecule has 6 heteroatoms. The van der Waals surface area contributed by atoms with Gasteiger partial charge in [-0.1, -0.05) is 36.4 Å². The van der Waals surface area contributed by atoms with Gasteiger partial charge in [0.1, 0.15) is 6.10 Å². The molecule has 0 radical (unpaired) electrons. The number of methoxy groups -OCH3 is 1. The predicted molar refractivity (Wildman–Crippen MR) is 112 cm³/mol. The third-order valence-electron chi connectivity index (χ3n) is 5.21. The minimum absolute atomic E-state index is 0.0154. The van der Waals surface area contributed by atoms with Crippen LogP contribution in [-0.2, 0) is 9.53 Å². The number of carbonyl (C=O) groups is 2. The van der Waals surface area contributed by atoms with Gasteiger partial charge in [-0.25, -0.2) is 0 Å². The Hall–Kier alpha value is -2.70. The molecular weight excluding hydrogens is 372 g/mol. The first-order valence-electron chi connectivity index (χ1n) is 9.24. The van der Waals surface area contributed by atoms with Crippen LogP contribution in [-0.4, -0.2) is 44.0 Å². The van der Waals surface area contributed by atoms with Gasteiger partial charge in [0.15, 0.2) is 0 Å². The van der Waals surface area contributed by atoms with Crippen LogP contribution in [0.2, 0.25) is 0 Å². The van der Waals surface area contributed by atoms with Crippen LogP contribution in [0.1, 0.15) is 27.8 Å². The number of amides is 2. The molecule has 144 valence electrons. The number of thiophene rings is 1. The van der Waals surface area contributed by atoms with E-state index in [2.05, 4.69) is 0 Å². The molecule has 0 saturated heterocycles. The van der Waals surface area contributed by atoms with Crippen molar-refractivity contribution < 1.29 is 14.3 Å². The normalized spacial score (nSPS) is 17.8. The number of rotatable bonds is 2. The van der Waals surface area contributed by atoms with E-state index in [-0.39, 0.29) is 24.3 Å². The summed E-state index contributed by atoms with van der Waals surface area (Å²) >= 11 is 1.48. The van der Waals surface area contributed by atoms with Crippen molar-refractivity contribution >= 4 is 38.9 Å². The van der Waals surface area contributed by atoms with Gasteiger partial charge < -0.3 is 14.5 Å². The standard InChI is InChI=1S/C22H22N2O3S/c1-23-17-9-5-4-8-16(17)18(27-2)14-24(12-11-21(23)25)22(26)20-13-15-7-3-6-10-19(15)28-20/h3-10,13,18H,11-12,14H2,1-2H3. The molecule has 2 amide bonds. The Balaban J connectivity index is 1.70. The summed E-state index contributed by atoms with van der Waals surface area (Å²) in [6, 6.07) is 17.6. The minimum atomic E-state index is -0.303. The number of carbonyl (C=O) groups excluding carboxylic acids is 2. The number of anilines is 1. The summed E-state index contributed by atoms with van der Waals surface area (Å²) in [5.41, 5.74) is 1.74. The zero-order valence-corrected chi connectivity index (χ0v) is 16.7. The van der Waals surface area contributed by atoms with Gasteiger partial charge in [0.05, 0.1) is 11.4 Å². The molecule has 5 nitrogen and oxygen atoms in total. The first-order valence-corrected chi connectivity index (χ1v) is 10.1. The summed E-state index contributed by atoms with van der Waals surface area (Å²) in [5, 5.41) is 1.06. The first kappa shape index (κ1) is 18.7. The van der Waals surface area contributed by atoms with Crippen molar-refractivity contribution in [3.63, 3.8) is 0 Å². The molecule has 2 heterocycles. The number of fused-ring (bicyclic) bond motifs is 2. The molecule has 1 unspecified atom stereocenters. The van der Waals surface area contributed by atoms with Crippen molar-refractivity contribution in [3.05, 3.63) is 65.0 Å². The summed E-state index contributed by atoms with van der Waals surface area (Å²) in [4.78, 5) is 30.0. The molecule has 0 N–H and O–H groups in total. The molecular formula is C22H22N2O3S. The second-order valence-corrected chi connectivity index (χ2v) is 7.97. The van der Waals surface area contributed by atoms with E-state index in [9.17, 15) is 9.59 Å². The lowest BCUT2D eigenvalue weighted by Crippen LogP contribution is -2.36. The van der Waals surface area contributed by atoms with Crippen LogP contribution < -0.4 is 4.90 Å². The summed E-state index contributed by atoms with van der Waals surface area (Å²) in [6.45, 7) is 0.770. The molecule has 1 aliphatic rings. The molecule has 4 rings (SSSR count). The summed E-state index contributed by atoms with van der Waals surface area (Å²) in [6.07, 6.45) is -0.0272. The van der Waals surface area contributed by atoms with Gasteiger partial charge >= 0.3 is 0 Å². The number of hydrogen-bond donors (Lipinski definition) is 0. The van der Waals surface area contributed by atoms with Crippen LogP contribution >= 0.6 is 11.3 Å². The van der Waals surface area contributed by atoms with E-state index >= 15 is 0 Å². The van der Waals surface area contributed by atoms with Crippen molar-refractivity contribution in [2.24, 2.45) is 0 Å². The van der Waals surface area contributed by atoms with E-state index in [1.165, 1.54) is 11.3 Å². The zero-order valence-electron chi connectivity index (χ0n) is 15.9. The topological polar surface area (TPSA) is 49.9 Å². The Morgan fingerprint density at radius 3 is 2.68 bits per heavy atom. The second kappa shape index (κ2) is 7.73. The van der Waals surface area contributed by atoms with Gasteiger partial charge in [-0.3, -0.25) is 9.59 Å². The number of ether oxygens (including phenoxy) is 1. The molecule has 0 saturated carbocycles. The van der Waals surface area contributed by atoms with Gasteiger partial charge in [0.2, 0.25) is 5.91 Å². The Labute approximate surface area is 168 Å². The Kier molecular flexibility index (Phi) is 5.15. The average molecular weight is 394 g/mol. The molecule has 1 atom stereocenters. The summed E-state index contributed by atoms with van der Waals surface area (Å²) in [7, 11) is 3.42. The van der Waals surface area contributed by atoms with Gasteiger partial charge in [-0.05, 0) is 23.6 Å². The maximum Gasteiger partial charge on any atom is 0.264 e. The van der Waals surface area contributed by atoms with Crippen molar-refractivity contribution in [1.29, 1.82) is 0 Å². The first-order chi connectivity index (χ1) is 13.6. The maximum atomic E-state index is 13.3. The van der Waals surface area contributed by atoms with Crippen LogP contribution in [0.4, 0.5) is 5.69 Å². The zero-order chi connectivity index (χ0) is 19.7. The minimum Gasteiger partial charge on any atom is -0.375 e. The van der Waals surface area contributed by atoms with E-state index in [0.29, 0.717) is 18.0 Å². The number of nitrogens with zero attached hydrogens (tertiary/aromatic N) is 2. The second-order valence-electron chi connectivity index (χ2n) is 6.89. The molecule has 1 aliphatic heterocycles. The van der Waals surface area contributed by atoms with Gasteiger partial charge in [0, 0.05) is 43.1 Å². The Morgan fingerprint density at radius 2 is 1.89 bits per heavy atom. The fourth-order valence-electron chi connectivity index (χ4n) is 3.62. The quantitative estimate of drug-likeness (QED) is 0.658. The van der Waals surface area contributed by atoms with E-state index in [1.807, 2.05) is 54.6 Å². The highest BCUT2D eigenvalue weighted by atomic mass is 32.1. The molecule has 1 aromatic heterocycles. The molecule has 0 aliphatic carbocycles. The van der Waals surface area contributed by atoms with Gasteiger partial charge in [-0.2, -0.15) is 0 Å². The number of hydrogen-bond acceptors (Lipinski definition) is 4. The lowest BCUT2D eigenvalue weighted by Gasteiger charge is -2.26. The molecule has 3 aromatic rings. The Morgan fingerprint density at radius 1 is 1.14 bits per heavy atom. The highest BCUT2D eigenvalue weighted by Gasteiger charge is 2.28. The fourth-order valence-corrected chi connectivity index (χ4v) is 4.65. The number of benzene rings is 2. The van der Waals surface area contributed by atoms with Crippen LogP contribution in [0.5, 0.6) is 0 Å². The smallest absolute Gasteiger partial charge is 0.264 e. The molecule has 28 heavy (non-hydrogen) atoms. The SMILES string of the molecule is COC1CN(C(=O)c2cc3ccccc3s2)CCC(=O)N(C)c2ccccc21. The largest absolute Gasteiger partial charge is 0.375 e. The molecule has 2 aromatic carbocycles. The van der Waals surface area contributed by atoms with Crippen LogP contribution in [0.15, 0.2) is 54.6 Å². The van der Waals surface area contributed by atoms with Crippen LogP contribution in [0, 0.1) is 0 Å². The lowest BCUT2D eigenvalue weighted by molar-refractivity contribution is -0.118. The highest BCUT2D eigenvalue weighted by molar-refractivity contribution is 7.20. The maximum absolute atomic E-state index is 13.3. The highest BCUT2D eigenvalue weighted by Crippen LogP contribution is 2.32. The lowest BCUT2D eigenvalue weighted by atomic mass is 10.1. The average Bonchev–Trinajstić information content (AvgIpc) is 3.18. The van der Waals surface area contributed by atoms with Gasteiger partial charge in [-0.15, -0.1) is 11.3 Å². The monoisotopic (exact) mass is 394 g/mol. The van der Waals surface area contributed by atoms with E-state index in [0.717, 1.165) is 21.3 Å². The van der Waals surface area contributed by atoms with Crippen LogP contribution in [0.25, 0.3) is 10.1 Å². The Bertz CT molecular complexity index is 996. The van der Waals surface area contributed by atoms with E-state index in [1.54, 1.807) is 24.0 Å². The summed E-state index contributed by atoms with van der Waals surface area (Å²) < 4.78 is 6.82. The molecule has 0 fully saturated rings. The van der Waals surface area contributed by atoms with E-state index < -0.39 is 0 Å². The van der Waals surface area contributed by atoms with Crippen LogP contribution in [0.3, 0.4) is 0 Å². The van der Waals surface area contributed by atoms with E-state index in [4.69, 9.17) is 4.74 Å². The predicted octanol–water partition coefficient (Wildman–Crippen LogP) is 4.10. The van der Waals surface area contributed by atoms with Crippen molar-refractivity contribution in [1.82, 2.24) is 4.90 Å². The third-order valence-corrected chi connectivity index (χ3v) is 6.31. The third kappa shape index (κ3) is 3.41. The molecule has 0 spiro atoms.